The Balaban J connectivity index is 2.51. The second kappa shape index (κ2) is 8.97. The minimum Gasteiger partial charge on any atom is -0.481 e. The zero-order chi connectivity index (χ0) is 15.7. The minimum absolute atomic E-state index is 0.0129. The van der Waals surface area contributed by atoms with Crippen LogP contribution in [0.1, 0.15) is 18.9 Å². The summed E-state index contributed by atoms with van der Waals surface area (Å²) in [5, 5.41) is 20.4. The molecule has 0 spiro atoms. The quantitative estimate of drug-likeness (QED) is 0.674. The maximum atomic E-state index is 12.1. The van der Waals surface area contributed by atoms with Crippen molar-refractivity contribution in [2.45, 2.75) is 19.9 Å². The minimum atomic E-state index is -0.881. The van der Waals surface area contributed by atoms with Gasteiger partial charge in [0.1, 0.15) is 0 Å². The third kappa shape index (κ3) is 6.76. The van der Waals surface area contributed by atoms with Crippen LogP contribution in [-0.2, 0) is 11.3 Å². The Morgan fingerprint density at radius 3 is 2.52 bits per heavy atom. The predicted octanol–water partition coefficient (Wildman–Crippen LogP) is 1.30. The standard InChI is InChI=1S/C15H22N2O4/c1-12(9-14(19)20)10-16-15(21)17(7-8-18)11-13-5-3-2-4-6-13/h2-6,12,18H,7-11H2,1H3,(H,16,21)(H,19,20). The molecule has 0 saturated carbocycles. The number of urea groups is 1. The summed E-state index contributed by atoms with van der Waals surface area (Å²) in [6, 6.07) is 9.19. The molecule has 0 aromatic heterocycles. The summed E-state index contributed by atoms with van der Waals surface area (Å²) < 4.78 is 0. The van der Waals surface area contributed by atoms with E-state index < -0.39 is 5.97 Å². The fourth-order valence-corrected chi connectivity index (χ4v) is 1.92. The highest BCUT2D eigenvalue weighted by Gasteiger charge is 2.15. The molecule has 2 amide bonds. The van der Waals surface area contributed by atoms with Gasteiger partial charge in [0.05, 0.1) is 6.61 Å². The molecule has 1 rings (SSSR count). The highest BCUT2D eigenvalue weighted by molar-refractivity contribution is 5.74. The largest absolute Gasteiger partial charge is 0.481 e. The second-order valence-electron chi connectivity index (χ2n) is 5.02. The van der Waals surface area contributed by atoms with E-state index in [-0.39, 0.29) is 31.5 Å². The number of aliphatic carboxylic acids is 1. The lowest BCUT2D eigenvalue weighted by molar-refractivity contribution is -0.137. The zero-order valence-electron chi connectivity index (χ0n) is 12.2. The van der Waals surface area contributed by atoms with Gasteiger partial charge in [0, 0.05) is 26.1 Å². The van der Waals surface area contributed by atoms with Gasteiger partial charge in [0.2, 0.25) is 0 Å². The molecule has 1 aromatic rings. The average Bonchev–Trinajstić information content (AvgIpc) is 2.44. The number of hydrogen-bond donors (Lipinski definition) is 3. The number of aliphatic hydroxyl groups is 1. The molecule has 1 unspecified atom stereocenters. The van der Waals surface area contributed by atoms with Gasteiger partial charge in [-0.05, 0) is 11.5 Å². The fraction of sp³-hybridized carbons (Fsp3) is 0.467. The smallest absolute Gasteiger partial charge is 0.317 e. The van der Waals surface area contributed by atoms with E-state index in [2.05, 4.69) is 5.32 Å². The lowest BCUT2D eigenvalue weighted by atomic mass is 10.1. The van der Waals surface area contributed by atoms with Crippen molar-refractivity contribution in [2.75, 3.05) is 19.7 Å². The van der Waals surface area contributed by atoms with Crippen molar-refractivity contribution in [3.63, 3.8) is 0 Å². The van der Waals surface area contributed by atoms with Crippen molar-refractivity contribution in [2.24, 2.45) is 5.92 Å². The summed E-state index contributed by atoms with van der Waals surface area (Å²) >= 11 is 0. The molecule has 116 valence electrons. The Hall–Kier alpha value is -2.08. The number of nitrogens with one attached hydrogen (secondary N) is 1. The summed E-state index contributed by atoms with van der Waals surface area (Å²) in [5.74, 6) is -1.02. The Kier molecular flexibility index (Phi) is 7.25. The first-order valence-corrected chi connectivity index (χ1v) is 6.92. The monoisotopic (exact) mass is 294 g/mol. The van der Waals surface area contributed by atoms with E-state index in [1.807, 2.05) is 30.3 Å². The van der Waals surface area contributed by atoms with Crippen molar-refractivity contribution in [1.82, 2.24) is 10.2 Å². The van der Waals surface area contributed by atoms with Gasteiger partial charge >= 0.3 is 12.0 Å². The van der Waals surface area contributed by atoms with Crippen LogP contribution in [0.15, 0.2) is 30.3 Å². The molecule has 0 aliphatic carbocycles. The topological polar surface area (TPSA) is 89.9 Å². The average molecular weight is 294 g/mol. The van der Waals surface area contributed by atoms with E-state index in [4.69, 9.17) is 10.2 Å². The van der Waals surface area contributed by atoms with Crippen LogP contribution >= 0.6 is 0 Å². The van der Waals surface area contributed by atoms with Gasteiger partial charge in [0.15, 0.2) is 0 Å². The van der Waals surface area contributed by atoms with Gasteiger partial charge < -0.3 is 20.4 Å². The van der Waals surface area contributed by atoms with E-state index in [0.717, 1.165) is 5.56 Å². The van der Waals surface area contributed by atoms with Crippen molar-refractivity contribution in [3.8, 4) is 0 Å². The van der Waals surface area contributed by atoms with Gasteiger partial charge in [-0.2, -0.15) is 0 Å². The Morgan fingerprint density at radius 2 is 1.95 bits per heavy atom. The SMILES string of the molecule is CC(CNC(=O)N(CCO)Cc1ccccc1)CC(=O)O. The molecular weight excluding hydrogens is 272 g/mol. The molecule has 21 heavy (non-hydrogen) atoms. The van der Waals surface area contributed by atoms with Crippen LogP contribution in [0.4, 0.5) is 4.79 Å². The van der Waals surface area contributed by atoms with Crippen molar-refractivity contribution < 1.29 is 19.8 Å². The van der Waals surface area contributed by atoms with Crippen LogP contribution in [0.2, 0.25) is 0 Å². The van der Waals surface area contributed by atoms with E-state index in [1.165, 1.54) is 4.90 Å². The summed E-state index contributed by atoms with van der Waals surface area (Å²) in [5.41, 5.74) is 0.972. The Labute approximate surface area is 124 Å². The third-order valence-electron chi connectivity index (χ3n) is 3.00. The summed E-state index contributed by atoms with van der Waals surface area (Å²) in [6.45, 7) is 2.57. The van der Waals surface area contributed by atoms with E-state index in [0.29, 0.717) is 13.1 Å². The molecule has 0 aliphatic heterocycles. The highest BCUT2D eigenvalue weighted by atomic mass is 16.4. The van der Waals surface area contributed by atoms with Crippen LogP contribution < -0.4 is 5.32 Å². The number of carbonyl (C=O) groups is 2. The number of carboxylic acid groups (broad SMARTS) is 1. The molecule has 1 atom stereocenters. The van der Waals surface area contributed by atoms with Gasteiger partial charge in [-0.3, -0.25) is 4.79 Å². The maximum absolute atomic E-state index is 12.1. The van der Waals surface area contributed by atoms with Crippen molar-refractivity contribution in [1.29, 1.82) is 0 Å². The molecule has 0 bridgehead atoms. The number of carboxylic acids is 1. The van der Waals surface area contributed by atoms with E-state index >= 15 is 0 Å². The first kappa shape index (κ1) is 17.0. The third-order valence-corrected chi connectivity index (χ3v) is 3.00. The van der Waals surface area contributed by atoms with Gasteiger partial charge in [-0.1, -0.05) is 37.3 Å². The number of hydrogen-bond acceptors (Lipinski definition) is 3. The van der Waals surface area contributed by atoms with E-state index in [1.54, 1.807) is 6.92 Å². The lowest BCUT2D eigenvalue weighted by Crippen LogP contribution is -2.42. The number of nitrogens with zero attached hydrogens (tertiary/aromatic N) is 1. The van der Waals surface area contributed by atoms with Crippen molar-refractivity contribution >= 4 is 12.0 Å². The first-order chi connectivity index (χ1) is 10.0. The molecule has 3 N–H and O–H groups in total. The summed E-state index contributed by atoms with van der Waals surface area (Å²) in [7, 11) is 0. The van der Waals surface area contributed by atoms with Gasteiger partial charge in [-0.15, -0.1) is 0 Å². The summed E-state index contributed by atoms with van der Waals surface area (Å²) in [6.07, 6.45) is 0.0129. The molecular formula is C15H22N2O4. The van der Waals surface area contributed by atoms with Gasteiger partial charge in [-0.25, -0.2) is 4.79 Å². The molecule has 6 heteroatoms. The molecule has 0 aliphatic rings. The number of aliphatic hydroxyl groups excluding tert-OH is 1. The maximum Gasteiger partial charge on any atom is 0.317 e. The van der Waals surface area contributed by atoms with Crippen LogP contribution in [0, 0.1) is 5.92 Å². The molecule has 0 radical (unpaired) electrons. The molecule has 1 aromatic carbocycles. The normalized spacial score (nSPS) is 11.7. The number of rotatable bonds is 8. The van der Waals surface area contributed by atoms with Crippen LogP contribution in [0.25, 0.3) is 0 Å². The Morgan fingerprint density at radius 1 is 1.29 bits per heavy atom. The number of carbonyl (C=O) groups excluding carboxylic acids is 1. The fourth-order valence-electron chi connectivity index (χ4n) is 1.92. The lowest BCUT2D eigenvalue weighted by Gasteiger charge is -2.23. The summed E-state index contributed by atoms with van der Waals surface area (Å²) in [4.78, 5) is 24.2. The zero-order valence-corrected chi connectivity index (χ0v) is 12.2. The number of amides is 2. The van der Waals surface area contributed by atoms with Crippen LogP contribution in [0.5, 0.6) is 0 Å². The molecule has 0 saturated heterocycles. The Bertz CT molecular complexity index is 450. The van der Waals surface area contributed by atoms with Crippen LogP contribution in [0.3, 0.4) is 0 Å². The van der Waals surface area contributed by atoms with Crippen molar-refractivity contribution in [3.05, 3.63) is 35.9 Å². The first-order valence-electron chi connectivity index (χ1n) is 6.92. The number of benzene rings is 1. The molecule has 0 heterocycles. The van der Waals surface area contributed by atoms with Crippen LogP contribution in [-0.4, -0.2) is 46.8 Å². The second-order valence-corrected chi connectivity index (χ2v) is 5.02. The van der Waals surface area contributed by atoms with Gasteiger partial charge in [0.25, 0.3) is 0 Å². The predicted molar refractivity (Wildman–Crippen MR) is 78.8 cm³/mol. The van der Waals surface area contributed by atoms with E-state index in [9.17, 15) is 9.59 Å². The highest BCUT2D eigenvalue weighted by Crippen LogP contribution is 2.05. The molecule has 0 fully saturated rings. The molecule has 6 nitrogen and oxygen atoms in total.